The highest BCUT2D eigenvalue weighted by molar-refractivity contribution is 5.05. The summed E-state index contributed by atoms with van der Waals surface area (Å²) in [5, 5.41) is 13.7. The van der Waals surface area contributed by atoms with Crippen LogP contribution in [0.25, 0.3) is 0 Å². The molecule has 2 rings (SSSR count). The van der Waals surface area contributed by atoms with E-state index < -0.39 is 5.60 Å². The van der Waals surface area contributed by atoms with Gasteiger partial charge in [0.25, 0.3) is 0 Å². The zero-order valence-electron chi connectivity index (χ0n) is 14.7. The Labute approximate surface area is 130 Å². The smallest absolute Gasteiger partial charge is 0.0790 e. The van der Waals surface area contributed by atoms with Gasteiger partial charge in [0.2, 0.25) is 0 Å². The zero-order chi connectivity index (χ0) is 15.9. The van der Waals surface area contributed by atoms with Gasteiger partial charge in [-0.2, -0.15) is 0 Å². The van der Waals surface area contributed by atoms with Crippen molar-refractivity contribution < 1.29 is 9.84 Å². The Hall–Kier alpha value is -0.160. The van der Waals surface area contributed by atoms with Crippen molar-refractivity contribution in [3.63, 3.8) is 0 Å². The molecule has 0 amide bonds. The maximum atomic E-state index is 10.3. The van der Waals surface area contributed by atoms with Crippen LogP contribution >= 0.6 is 0 Å². The molecule has 0 radical (unpaired) electrons. The normalized spacial score (nSPS) is 40.1. The van der Waals surface area contributed by atoms with Crippen LogP contribution in [0.2, 0.25) is 0 Å². The SMILES string of the molecule is CNC1C(CN2CCCC(C)(O)CC2)C(C)(C)OC1(C)C. The fraction of sp³-hybridized carbons (Fsp3) is 1.00. The van der Waals surface area contributed by atoms with Crippen molar-refractivity contribution in [1.29, 1.82) is 0 Å². The summed E-state index contributed by atoms with van der Waals surface area (Å²) in [5.74, 6) is 0.459. The number of nitrogens with zero attached hydrogens (tertiary/aromatic N) is 1. The Kier molecular flexibility index (Phi) is 4.75. The fourth-order valence-electron chi connectivity index (χ4n) is 4.36. The van der Waals surface area contributed by atoms with Crippen molar-refractivity contribution in [2.75, 3.05) is 26.7 Å². The van der Waals surface area contributed by atoms with E-state index in [0.29, 0.717) is 12.0 Å². The average molecular weight is 298 g/mol. The molecule has 2 saturated heterocycles. The van der Waals surface area contributed by atoms with E-state index in [1.54, 1.807) is 0 Å². The van der Waals surface area contributed by atoms with E-state index >= 15 is 0 Å². The number of hydrogen-bond acceptors (Lipinski definition) is 4. The molecule has 2 N–H and O–H groups in total. The third kappa shape index (κ3) is 3.79. The van der Waals surface area contributed by atoms with Crippen LogP contribution in [-0.2, 0) is 4.74 Å². The van der Waals surface area contributed by atoms with E-state index in [1.165, 1.54) is 0 Å². The Morgan fingerprint density at radius 1 is 1.10 bits per heavy atom. The van der Waals surface area contributed by atoms with Crippen molar-refractivity contribution in [1.82, 2.24) is 10.2 Å². The van der Waals surface area contributed by atoms with Crippen LogP contribution in [0.15, 0.2) is 0 Å². The van der Waals surface area contributed by atoms with E-state index in [9.17, 15) is 5.11 Å². The maximum absolute atomic E-state index is 10.3. The number of likely N-dealkylation sites (tertiary alicyclic amines) is 1. The Balaban J connectivity index is 2.07. The molecule has 2 fully saturated rings. The quantitative estimate of drug-likeness (QED) is 0.837. The molecule has 0 bridgehead atoms. The first-order chi connectivity index (χ1) is 9.57. The summed E-state index contributed by atoms with van der Waals surface area (Å²) in [4.78, 5) is 2.52. The number of likely N-dealkylation sites (N-methyl/N-ethyl adjacent to an activating group) is 1. The van der Waals surface area contributed by atoms with Crippen LogP contribution < -0.4 is 5.32 Å². The lowest BCUT2D eigenvalue weighted by atomic mass is 9.82. The number of aliphatic hydroxyl groups is 1. The van der Waals surface area contributed by atoms with E-state index in [4.69, 9.17) is 4.74 Å². The van der Waals surface area contributed by atoms with E-state index in [0.717, 1.165) is 38.9 Å². The first kappa shape index (κ1) is 17.2. The first-order valence-corrected chi connectivity index (χ1v) is 8.40. The molecule has 3 unspecified atom stereocenters. The summed E-state index contributed by atoms with van der Waals surface area (Å²) >= 11 is 0. The van der Waals surface area contributed by atoms with Crippen molar-refractivity contribution >= 4 is 0 Å². The third-order valence-electron chi connectivity index (χ3n) is 5.49. The number of rotatable bonds is 3. The van der Waals surface area contributed by atoms with Crippen molar-refractivity contribution in [3.05, 3.63) is 0 Å². The lowest BCUT2D eigenvalue weighted by Crippen LogP contribution is -2.50. The summed E-state index contributed by atoms with van der Waals surface area (Å²) < 4.78 is 6.33. The van der Waals surface area contributed by atoms with Gasteiger partial charge >= 0.3 is 0 Å². The highest BCUT2D eigenvalue weighted by Gasteiger charge is 2.53. The molecule has 4 heteroatoms. The Morgan fingerprint density at radius 2 is 1.76 bits per heavy atom. The summed E-state index contributed by atoms with van der Waals surface area (Å²) in [5.41, 5.74) is -0.746. The molecule has 2 heterocycles. The lowest BCUT2D eigenvalue weighted by molar-refractivity contribution is -0.0794. The molecule has 3 atom stereocenters. The minimum atomic E-state index is -0.488. The predicted octanol–water partition coefficient (Wildman–Crippen LogP) is 2.01. The molecule has 0 spiro atoms. The standard InChI is InChI=1S/C17H34N2O2/c1-15(2)13(14(18-6)16(3,4)21-15)12-19-10-7-8-17(5,20)9-11-19/h13-14,18,20H,7-12H2,1-6H3. The molecule has 0 aromatic heterocycles. The molecule has 0 aromatic carbocycles. The van der Waals surface area contributed by atoms with Crippen LogP contribution in [0.3, 0.4) is 0 Å². The molecule has 0 aliphatic carbocycles. The van der Waals surface area contributed by atoms with E-state index in [-0.39, 0.29) is 11.2 Å². The van der Waals surface area contributed by atoms with Crippen LogP contribution in [0.5, 0.6) is 0 Å². The molecule has 21 heavy (non-hydrogen) atoms. The van der Waals surface area contributed by atoms with Gasteiger partial charge in [-0.15, -0.1) is 0 Å². The summed E-state index contributed by atoms with van der Waals surface area (Å²) in [6, 6.07) is 0.358. The minimum absolute atomic E-state index is 0.119. The van der Waals surface area contributed by atoms with Gasteiger partial charge in [0.05, 0.1) is 16.8 Å². The van der Waals surface area contributed by atoms with Gasteiger partial charge < -0.3 is 20.1 Å². The Morgan fingerprint density at radius 3 is 2.38 bits per heavy atom. The van der Waals surface area contributed by atoms with Crippen molar-refractivity contribution in [2.24, 2.45) is 5.92 Å². The molecule has 0 aromatic rings. The number of hydrogen-bond donors (Lipinski definition) is 2. The zero-order valence-corrected chi connectivity index (χ0v) is 14.7. The molecule has 2 aliphatic heterocycles. The van der Waals surface area contributed by atoms with Gasteiger partial charge in [0, 0.05) is 25.0 Å². The minimum Gasteiger partial charge on any atom is -0.390 e. The van der Waals surface area contributed by atoms with E-state index in [1.807, 2.05) is 14.0 Å². The number of nitrogens with one attached hydrogen (secondary N) is 1. The maximum Gasteiger partial charge on any atom is 0.0790 e. The lowest BCUT2D eigenvalue weighted by Gasteiger charge is -2.34. The molecule has 4 nitrogen and oxygen atoms in total. The van der Waals surface area contributed by atoms with Crippen LogP contribution in [-0.4, -0.2) is 59.5 Å². The summed E-state index contributed by atoms with van der Waals surface area (Å²) in [6.07, 6.45) is 2.86. The van der Waals surface area contributed by atoms with Crippen LogP contribution in [0.4, 0.5) is 0 Å². The highest BCUT2D eigenvalue weighted by atomic mass is 16.5. The van der Waals surface area contributed by atoms with Gasteiger partial charge in [-0.3, -0.25) is 0 Å². The predicted molar refractivity (Wildman–Crippen MR) is 86.5 cm³/mol. The van der Waals surface area contributed by atoms with Crippen LogP contribution in [0.1, 0.15) is 53.9 Å². The molecule has 2 aliphatic rings. The average Bonchev–Trinajstić information content (AvgIpc) is 2.44. The topological polar surface area (TPSA) is 44.7 Å². The second-order valence-electron chi connectivity index (χ2n) is 8.33. The highest BCUT2D eigenvalue weighted by Crippen LogP contribution is 2.42. The number of ether oxygens (including phenoxy) is 1. The molecule has 0 saturated carbocycles. The fourth-order valence-corrected chi connectivity index (χ4v) is 4.36. The second-order valence-corrected chi connectivity index (χ2v) is 8.33. The summed E-state index contributed by atoms with van der Waals surface area (Å²) in [7, 11) is 2.04. The molecule has 124 valence electrons. The first-order valence-electron chi connectivity index (χ1n) is 8.40. The van der Waals surface area contributed by atoms with Gasteiger partial charge in [-0.25, -0.2) is 0 Å². The van der Waals surface area contributed by atoms with Crippen molar-refractivity contribution in [2.45, 2.75) is 76.7 Å². The van der Waals surface area contributed by atoms with Gasteiger partial charge in [0.15, 0.2) is 0 Å². The Bertz CT molecular complexity index is 366. The van der Waals surface area contributed by atoms with Gasteiger partial charge in [-0.1, -0.05) is 0 Å². The summed E-state index contributed by atoms with van der Waals surface area (Å²) in [6.45, 7) is 13.9. The van der Waals surface area contributed by atoms with Gasteiger partial charge in [-0.05, 0) is 67.5 Å². The largest absolute Gasteiger partial charge is 0.390 e. The third-order valence-corrected chi connectivity index (χ3v) is 5.49. The monoisotopic (exact) mass is 298 g/mol. The van der Waals surface area contributed by atoms with E-state index in [2.05, 4.69) is 37.9 Å². The van der Waals surface area contributed by atoms with Crippen molar-refractivity contribution in [3.8, 4) is 0 Å². The second kappa shape index (κ2) is 5.80. The molecular weight excluding hydrogens is 264 g/mol. The van der Waals surface area contributed by atoms with Crippen LogP contribution in [0, 0.1) is 5.92 Å². The molecular formula is C17H34N2O2. The van der Waals surface area contributed by atoms with Gasteiger partial charge in [0.1, 0.15) is 0 Å².